The molecular formula is C15H18N4O2. The number of rotatable bonds is 4. The number of hydrogen-bond donors (Lipinski definition) is 2. The summed E-state index contributed by atoms with van der Waals surface area (Å²) in [4.78, 5) is 16.4. The fourth-order valence-electron chi connectivity index (χ4n) is 2.54. The minimum atomic E-state index is 0.0207. The number of amides is 1. The standard InChI is InChI=1S/C15H18N4O2/c1-10-17-15(21-19-10)12-4-2-3-5-13(12)18-14(20)8-11-6-7-16-9-11/h2-5,11,16H,6-9H2,1H3,(H,18,20). The average Bonchev–Trinajstić information content (AvgIpc) is 3.11. The number of aromatic nitrogens is 2. The van der Waals surface area contributed by atoms with E-state index in [0.717, 1.165) is 25.1 Å². The molecule has 2 heterocycles. The van der Waals surface area contributed by atoms with Gasteiger partial charge in [0.25, 0.3) is 5.89 Å². The summed E-state index contributed by atoms with van der Waals surface area (Å²) in [5.74, 6) is 1.43. The van der Waals surface area contributed by atoms with Crippen molar-refractivity contribution in [2.24, 2.45) is 5.92 Å². The molecule has 0 bridgehead atoms. The second-order valence-electron chi connectivity index (χ2n) is 5.30. The molecule has 1 fully saturated rings. The van der Waals surface area contributed by atoms with Crippen LogP contribution in [-0.2, 0) is 4.79 Å². The summed E-state index contributed by atoms with van der Waals surface area (Å²) in [5, 5.41) is 10.0. The topological polar surface area (TPSA) is 80.0 Å². The van der Waals surface area contributed by atoms with Crippen molar-refractivity contribution in [3.05, 3.63) is 30.1 Å². The first-order valence-electron chi connectivity index (χ1n) is 7.12. The Bertz CT molecular complexity index is 632. The quantitative estimate of drug-likeness (QED) is 0.898. The van der Waals surface area contributed by atoms with Gasteiger partial charge in [-0.15, -0.1) is 0 Å². The molecular weight excluding hydrogens is 268 g/mol. The number of benzene rings is 1. The van der Waals surface area contributed by atoms with Crippen LogP contribution >= 0.6 is 0 Å². The van der Waals surface area contributed by atoms with Crippen molar-refractivity contribution in [1.82, 2.24) is 15.5 Å². The Morgan fingerprint density at radius 3 is 3.05 bits per heavy atom. The van der Waals surface area contributed by atoms with Gasteiger partial charge in [0.1, 0.15) is 0 Å². The summed E-state index contributed by atoms with van der Waals surface area (Å²) >= 11 is 0. The Hall–Kier alpha value is -2.21. The van der Waals surface area contributed by atoms with Crippen LogP contribution in [0.25, 0.3) is 11.5 Å². The number of aryl methyl sites for hydroxylation is 1. The molecule has 1 unspecified atom stereocenters. The molecule has 1 saturated heterocycles. The summed E-state index contributed by atoms with van der Waals surface area (Å²) in [6.45, 7) is 3.68. The third-order valence-corrected chi connectivity index (χ3v) is 3.60. The first-order chi connectivity index (χ1) is 10.2. The normalized spacial score (nSPS) is 17.9. The zero-order valence-electron chi connectivity index (χ0n) is 11.9. The van der Waals surface area contributed by atoms with Gasteiger partial charge in [-0.25, -0.2) is 0 Å². The number of carbonyl (C=O) groups excluding carboxylic acids is 1. The molecule has 0 aliphatic carbocycles. The molecule has 1 atom stereocenters. The fourth-order valence-corrected chi connectivity index (χ4v) is 2.54. The monoisotopic (exact) mass is 286 g/mol. The summed E-state index contributed by atoms with van der Waals surface area (Å²) < 4.78 is 5.18. The van der Waals surface area contributed by atoms with Gasteiger partial charge in [0.2, 0.25) is 5.91 Å². The third kappa shape index (κ3) is 3.28. The van der Waals surface area contributed by atoms with Crippen molar-refractivity contribution in [2.75, 3.05) is 18.4 Å². The Morgan fingerprint density at radius 2 is 2.33 bits per heavy atom. The first-order valence-corrected chi connectivity index (χ1v) is 7.12. The highest BCUT2D eigenvalue weighted by atomic mass is 16.5. The highest BCUT2D eigenvalue weighted by molar-refractivity contribution is 5.94. The maximum atomic E-state index is 12.2. The molecule has 1 aromatic heterocycles. The molecule has 110 valence electrons. The van der Waals surface area contributed by atoms with E-state index in [2.05, 4.69) is 20.8 Å². The van der Waals surface area contributed by atoms with Crippen molar-refractivity contribution in [1.29, 1.82) is 0 Å². The maximum absolute atomic E-state index is 12.2. The van der Waals surface area contributed by atoms with E-state index in [0.29, 0.717) is 29.7 Å². The van der Waals surface area contributed by atoms with Crippen LogP contribution in [-0.4, -0.2) is 29.1 Å². The predicted molar refractivity (Wildman–Crippen MR) is 78.7 cm³/mol. The first kappa shape index (κ1) is 13.8. The van der Waals surface area contributed by atoms with E-state index in [1.165, 1.54) is 0 Å². The number of carbonyl (C=O) groups is 1. The summed E-state index contributed by atoms with van der Waals surface area (Å²) in [7, 11) is 0. The number of nitrogens with one attached hydrogen (secondary N) is 2. The number of para-hydroxylation sites is 1. The van der Waals surface area contributed by atoms with Crippen LogP contribution in [0.4, 0.5) is 5.69 Å². The van der Waals surface area contributed by atoms with Gasteiger partial charge in [-0.2, -0.15) is 4.98 Å². The van der Waals surface area contributed by atoms with Crippen molar-refractivity contribution in [3.8, 4) is 11.5 Å². The van der Waals surface area contributed by atoms with Crippen LogP contribution in [0.3, 0.4) is 0 Å². The van der Waals surface area contributed by atoms with Crippen LogP contribution < -0.4 is 10.6 Å². The van der Waals surface area contributed by atoms with Crippen molar-refractivity contribution in [2.45, 2.75) is 19.8 Å². The number of nitrogens with zero attached hydrogens (tertiary/aromatic N) is 2. The van der Waals surface area contributed by atoms with Crippen LogP contribution in [0.2, 0.25) is 0 Å². The zero-order valence-corrected chi connectivity index (χ0v) is 11.9. The lowest BCUT2D eigenvalue weighted by atomic mass is 10.0. The number of anilines is 1. The van der Waals surface area contributed by atoms with E-state index in [4.69, 9.17) is 4.52 Å². The molecule has 1 aliphatic heterocycles. The Balaban J connectivity index is 1.74. The molecule has 1 aromatic carbocycles. The van der Waals surface area contributed by atoms with E-state index in [1.54, 1.807) is 6.92 Å². The van der Waals surface area contributed by atoms with E-state index >= 15 is 0 Å². The van der Waals surface area contributed by atoms with Crippen molar-refractivity contribution < 1.29 is 9.32 Å². The maximum Gasteiger partial charge on any atom is 0.260 e. The van der Waals surface area contributed by atoms with Gasteiger partial charge < -0.3 is 15.2 Å². The lowest BCUT2D eigenvalue weighted by Gasteiger charge is -2.11. The number of hydrogen-bond acceptors (Lipinski definition) is 5. The largest absolute Gasteiger partial charge is 0.334 e. The molecule has 6 nitrogen and oxygen atoms in total. The van der Waals surface area contributed by atoms with E-state index in [1.807, 2.05) is 24.3 Å². The molecule has 6 heteroatoms. The molecule has 3 rings (SSSR count). The molecule has 2 N–H and O–H groups in total. The Labute approximate surface area is 122 Å². The zero-order chi connectivity index (χ0) is 14.7. The van der Waals surface area contributed by atoms with Gasteiger partial charge in [-0.1, -0.05) is 17.3 Å². The SMILES string of the molecule is Cc1noc(-c2ccccc2NC(=O)CC2CCNC2)n1. The van der Waals surface area contributed by atoms with Gasteiger partial charge in [-0.3, -0.25) is 4.79 Å². The van der Waals surface area contributed by atoms with E-state index < -0.39 is 0 Å². The highest BCUT2D eigenvalue weighted by Gasteiger charge is 2.19. The smallest absolute Gasteiger partial charge is 0.260 e. The lowest BCUT2D eigenvalue weighted by Crippen LogP contribution is -2.18. The van der Waals surface area contributed by atoms with Crippen LogP contribution in [0, 0.1) is 12.8 Å². The Morgan fingerprint density at radius 1 is 1.48 bits per heavy atom. The van der Waals surface area contributed by atoms with Gasteiger partial charge in [0.05, 0.1) is 11.3 Å². The molecule has 1 amide bonds. The molecule has 1 aliphatic rings. The fraction of sp³-hybridized carbons (Fsp3) is 0.400. The Kier molecular flexibility index (Phi) is 3.96. The average molecular weight is 286 g/mol. The van der Waals surface area contributed by atoms with Gasteiger partial charge in [-0.05, 0) is 44.5 Å². The molecule has 0 radical (unpaired) electrons. The molecule has 21 heavy (non-hydrogen) atoms. The second-order valence-corrected chi connectivity index (χ2v) is 5.30. The minimum absolute atomic E-state index is 0.0207. The van der Waals surface area contributed by atoms with Crippen molar-refractivity contribution >= 4 is 11.6 Å². The van der Waals surface area contributed by atoms with Gasteiger partial charge >= 0.3 is 0 Å². The summed E-state index contributed by atoms with van der Waals surface area (Å²) in [6, 6.07) is 7.46. The molecule has 2 aromatic rings. The van der Waals surface area contributed by atoms with Crippen LogP contribution in [0.1, 0.15) is 18.7 Å². The van der Waals surface area contributed by atoms with Crippen LogP contribution in [0.15, 0.2) is 28.8 Å². The predicted octanol–water partition coefficient (Wildman–Crippen LogP) is 1.98. The van der Waals surface area contributed by atoms with E-state index in [-0.39, 0.29) is 5.91 Å². The summed E-state index contributed by atoms with van der Waals surface area (Å²) in [5.41, 5.74) is 1.45. The van der Waals surface area contributed by atoms with Crippen molar-refractivity contribution in [3.63, 3.8) is 0 Å². The molecule has 0 spiro atoms. The van der Waals surface area contributed by atoms with Gasteiger partial charge in [0, 0.05) is 6.42 Å². The minimum Gasteiger partial charge on any atom is -0.334 e. The second kappa shape index (κ2) is 6.05. The third-order valence-electron chi connectivity index (χ3n) is 3.60. The molecule has 0 saturated carbocycles. The lowest BCUT2D eigenvalue weighted by molar-refractivity contribution is -0.116. The van der Waals surface area contributed by atoms with E-state index in [9.17, 15) is 4.79 Å². The summed E-state index contributed by atoms with van der Waals surface area (Å²) in [6.07, 6.45) is 1.59. The van der Waals surface area contributed by atoms with Crippen LogP contribution in [0.5, 0.6) is 0 Å². The van der Waals surface area contributed by atoms with Gasteiger partial charge in [0.15, 0.2) is 5.82 Å². The highest BCUT2D eigenvalue weighted by Crippen LogP contribution is 2.26.